The number of carboxylic acids is 1. The molecule has 0 bridgehead atoms. The summed E-state index contributed by atoms with van der Waals surface area (Å²) >= 11 is 6.00. The van der Waals surface area contributed by atoms with Crippen molar-refractivity contribution in [1.29, 1.82) is 0 Å². The van der Waals surface area contributed by atoms with Crippen molar-refractivity contribution in [2.24, 2.45) is 5.92 Å². The summed E-state index contributed by atoms with van der Waals surface area (Å²) in [6, 6.07) is 2.89. The van der Waals surface area contributed by atoms with Gasteiger partial charge in [0, 0.05) is 5.69 Å². The number of benzene rings is 1. The highest BCUT2D eigenvalue weighted by Crippen LogP contribution is 2.33. The number of aromatic carboxylic acids is 1. The van der Waals surface area contributed by atoms with Gasteiger partial charge >= 0.3 is 5.97 Å². The Kier molecular flexibility index (Phi) is 3.97. The minimum Gasteiger partial charge on any atom is -0.491 e. The first-order valence-electron chi connectivity index (χ1n) is 6.03. The molecule has 1 saturated carbocycles. The predicted octanol–water partition coefficient (Wildman–Crippen LogP) is 3.19. The van der Waals surface area contributed by atoms with E-state index in [1.54, 1.807) is 0 Å². The van der Waals surface area contributed by atoms with Crippen LogP contribution in [0, 0.1) is 5.92 Å². The number of nitrogen functional groups attached to an aromatic ring is 1. The third-order valence-corrected chi connectivity index (χ3v) is 3.52. The van der Waals surface area contributed by atoms with Crippen LogP contribution in [0.25, 0.3) is 0 Å². The minimum absolute atomic E-state index is 0.0259. The van der Waals surface area contributed by atoms with Crippen LogP contribution in [0.3, 0.4) is 0 Å². The molecular formula is C13H16ClNO3. The molecule has 0 heterocycles. The van der Waals surface area contributed by atoms with Crippen LogP contribution in [0.2, 0.25) is 5.02 Å². The first kappa shape index (κ1) is 13.0. The highest BCUT2D eigenvalue weighted by molar-refractivity contribution is 6.33. The van der Waals surface area contributed by atoms with Crippen LogP contribution in [-0.2, 0) is 0 Å². The second-order valence-electron chi connectivity index (χ2n) is 4.65. The van der Waals surface area contributed by atoms with Crippen molar-refractivity contribution in [1.82, 2.24) is 0 Å². The van der Waals surface area contributed by atoms with Crippen LogP contribution in [0.5, 0.6) is 5.75 Å². The summed E-state index contributed by atoms with van der Waals surface area (Å²) in [6.07, 6.45) is 4.70. The number of halogens is 1. The maximum absolute atomic E-state index is 11.1. The van der Waals surface area contributed by atoms with E-state index >= 15 is 0 Å². The van der Waals surface area contributed by atoms with E-state index in [1.165, 1.54) is 25.0 Å². The average Bonchev–Trinajstić information content (AvgIpc) is 2.79. The lowest BCUT2D eigenvalue weighted by atomic mass is 10.1. The fourth-order valence-corrected chi connectivity index (χ4v) is 2.58. The second-order valence-corrected chi connectivity index (χ2v) is 5.05. The van der Waals surface area contributed by atoms with Crippen molar-refractivity contribution in [2.75, 3.05) is 12.3 Å². The molecule has 0 radical (unpaired) electrons. The van der Waals surface area contributed by atoms with E-state index in [4.69, 9.17) is 27.2 Å². The molecule has 0 amide bonds. The fourth-order valence-electron chi connectivity index (χ4n) is 2.30. The van der Waals surface area contributed by atoms with Crippen LogP contribution in [0.4, 0.5) is 5.69 Å². The van der Waals surface area contributed by atoms with Crippen LogP contribution < -0.4 is 10.5 Å². The van der Waals surface area contributed by atoms with Gasteiger partial charge in [-0.3, -0.25) is 0 Å². The summed E-state index contributed by atoms with van der Waals surface area (Å²) < 4.78 is 5.60. The summed E-state index contributed by atoms with van der Waals surface area (Å²) in [7, 11) is 0. The van der Waals surface area contributed by atoms with Crippen molar-refractivity contribution in [3.63, 3.8) is 0 Å². The highest BCUT2D eigenvalue weighted by Gasteiger charge is 2.20. The maximum atomic E-state index is 11.1. The zero-order chi connectivity index (χ0) is 13.1. The van der Waals surface area contributed by atoms with E-state index in [2.05, 4.69) is 0 Å². The van der Waals surface area contributed by atoms with Gasteiger partial charge in [0.25, 0.3) is 0 Å². The van der Waals surface area contributed by atoms with Gasteiger partial charge in [0.05, 0.1) is 11.6 Å². The molecule has 1 fully saturated rings. The van der Waals surface area contributed by atoms with Crippen LogP contribution in [0.15, 0.2) is 12.1 Å². The Labute approximate surface area is 111 Å². The van der Waals surface area contributed by atoms with Crippen molar-refractivity contribution >= 4 is 23.3 Å². The standard InChI is InChI=1S/C13H16ClNO3/c14-11-6-9(15)5-10(13(16)17)12(11)18-7-8-3-1-2-4-8/h5-6,8H,1-4,7,15H2,(H,16,17). The quantitative estimate of drug-likeness (QED) is 0.824. The third kappa shape index (κ3) is 2.88. The molecule has 18 heavy (non-hydrogen) atoms. The summed E-state index contributed by atoms with van der Waals surface area (Å²) in [5.74, 6) is -0.351. The maximum Gasteiger partial charge on any atom is 0.339 e. The lowest BCUT2D eigenvalue weighted by Gasteiger charge is -2.15. The zero-order valence-corrected chi connectivity index (χ0v) is 10.7. The third-order valence-electron chi connectivity index (χ3n) is 3.23. The number of carbonyl (C=O) groups is 1. The molecule has 0 atom stereocenters. The van der Waals surface area contributed by atoms with Crippen molar-refractivity contribution in [3.8, 4) is 5.75 Å². The van der Waals surface area contributed by atoms with Gasteiger partial charge < -0.3 is 15.6 Å². The van der Waals surface area contributed by atoms with Gasteiger partial charge in [0.15, 0.2) is 5.75 Å². The predicted molar refractivity (Wildman–Crippen MR) is 70.3 cm³/mol. The van der Waals surface area contributed by atoms with E-state index < -0.39 is 5.97 Å². The lowest BCUT2D eigenvalue weighted by molar-refractivity contribution is 0.0691. The number of nitrogens with two attached hydrogens (primary N) is 1. The number of hydrogen-bond donors (Lipinski definition) is 2. The van der Waals surface area contributed by atoms with E-state index in [1.807, 2.05) is 0 Å². The van der Waals surface area contributed by atoms with E-state index in [9.17, 15) is 4.79 Å². The number of carboxylic acid groups (broad SMARTS) is 1. The van der Waals surface area contributed by atoms with Crippen molar-refractivity contribution < 1.29 is 14.6 Å². The van der Waals surface area contributed by atoms with Gasteiger partial charge in [-0.05, 0) is 30.9 Å². The molecule has 3 N–H and O–H groups in total. The van der Waals surface area contributed by atoms with E-state index in [-0.39, 0.29) is 16.3 Å². The Balaban J connectivity index is 2.17. The van der Waals surface area contributed by atoms with Crippen LogP contribution >= 0.6 is 11.6 Å². The van der Waals surface area contributed by atoms with Crippen molar-refractivity contribution in [3.05, 3.63) is 22.7 Å². The van der Waals surface area contributed by atoms with Gasteiger partial charge in [0.2, 0.25) is 0 Å². The summed E-state index contributed by atoms with van der Waals surface area (Å²) in [5.41, 5.74) is 5.93. The molecule has 1 aromatic rings. The van der Waals surface area contributed by atoms with Gasteiger partial charge in [-0.15, -0.1) is 0 Å². The molecule has 1 aliphatic carbocycles. The molecular weight excluding hydrogens is 254 g/mol. The molecule has 4 nitrogen and oxygen atoms in total. The first-order chi connectivity index (χ1) is 8.58. The summed E-state index contributed by atoms with van der Waals surface area (Å²) in [5, 5.41) is 9.37. The monoisotopic (exact) mass is 269 g/mol. The van der Waals surface area contributed by atoms with E-state index in [0.717, 1.165) is 12.8 Å². The fraction of sp³-hybridized carbons (Fsp3) is 0.462. The molecule has 5 heteroatoms. The Bertz CT molecular complexity index is 456. The van der Waals surface area contributed by atoms with Gasteiger partial charge in [-0.25, -0.2) is 4.79 Å². The number of anilines is 1. The lowest BCUT2D eigenvalue weighted by Crippen LogP contribution is -2.11. The van der Waals surface area contributed by atoms with Crippen LogP contribution in [0.1, 0.15) is 36.0 Å². The topological polar surface area (TPSA) is 72.5 Å². The Hall–Kier alpha value is -1.42. The molecule has 98 valence electrons. The normalized spacial score (nSPS) is 15.8. The summed E-state index contributed by atoms with van der Waals surface area (Å²) in [4.78, 5) is 11.1. The average molecular weight is 270 g/mol. The molecule has 0 saturated heterocycles. The number of hydrogen-bond acceptors (Lipinski definition) is 3. The van der Waals surface area contributed by atoms with Crippen LogP contribution in [-0.4, -0.2) is 17.7 Å². The molecule has 0 aromatic heterocycles. The molecule has 0 spiro atoms. The SMILES string of the molecule is Nc1cc(Cl)c(OCC2CCCC2)c(C(=O)O)c1. The smallest absolute Gasteiger partial charge is 0.339 e. The Morgan fingerprint density at radius 3 is 2.72 bits per heavy atom. The largest absolute Gasteiger partial charge is 0.491 e. The molecule has 1 aliphatic rings. The molecule has 2 rings (SSSR count). The summed E-state index contributed by atoms with van der Waals surface area (Å²) in [6.45, 7) is 0.518. The Morgan fingerprint density at radius 2 is 2.11 bits per heavy atom. The number of rotatable bonds is 4. The molecule has 0 aliphatic heterocycles. The number of ether oxygens (including phenoxy) is 1. The van der Waals surface area contributed by atoms with Gasteiger partial charge in [-0.2, -0.15) is 0 Å². The second kappa shape index (κ2) is 5.48. The highest BCUT2D eigenvalue weighted by atomic mass is 35.5. The molecule has 1 aromatic carbocycles. The van der Waals surface area contributed by atoms with Gasteiger partial charge in [0.1, 0.15) is 5.56 Å². The van der Waals surface area contributed by atoms with E-state index in [0.29, 0.717) is 18.2 Å². The Morgan fingerprint density at radius 1 is 1.44 bits per heavy atom. The van der Waals surface area contributed by atoms with Gasteiger partial charge in [-0.1, -0.05) is 24.4 Å². The van der Waals surface area contributed by atoms with Crippen molar-refractivity contribution in [2.45, 2.75) is 25.7 Å². The first-order valence-corrected chi connectivity index (χ1v) is 6.41. The minimum atomic E-state index is -1.08. The zero-order valence-electron chi connectivity index (χ0n) is 9.99. The molecule has 0 unspecified atom stereocenters.